The lowest BCUT2D eigenvalue weighted by Crippen LogP contribution is -2.27. The maximum atomic E-state index is 12.9. The molecule has 1 unspecified atom stereocenters. The van der Waals surface area contributed by atoms with Crippen LogP contribution < -0.4 is 5.32 Å². The van der Waals surface area contributed by atoms with E-state index in [1.165, 1.54) is 11.0 Å². The van der Waals surface area contributed by atoms with Crippen LogP contribution in [-0.2, 0) is 0 Å². The van der Waals surface area contributed by atoms with E-state index in [4.69, 9.17) is 0 Å². The van der Waals surface area contributed by atoms with Gasteiger partial charge in [-0.15, -0.1) is 5.10 Å². The molecule has 26 heavy (non-hydrogen) atoms. The van der Waals surface area contributed by atoms with Gasteiger partial charge in [0.2, 0.25) is 0 Å². The third-order valence-electron chi connectivity index (χ3n) is 4.38. The standard InChI is InChI=1S/C20H17N5O/c1-14(16-11-6-8-15-7-2-3-9-17(15)16)22-20(26)18-10-4-5-12-19(18)25-13-21-23-24-25/h2-14H,1H3,(H,22,26). The van der Waals surface area contributed by atoms with Crippen LogP contribution in [0.25, 0.3) is 16.5 Å². The second kappa shape index (κ2) is 6.76. The van der Waals surface area contributed by atoms with E-state index in [-0.39, 0.29) is 11.9 Å². The quantitative estimate of drug-likeness (QED) is 0.617. The number of nitrogens with one attached hydrogen (secondary N) is 1. The first kappa shape index (κ1) is 16.0. The molecule has 0 aliphatic rings. The average molecular weight is 343 g/mol. The molecule has 0 saturated carbocycles. The summed E-state index contributed by atoms with van der Waals surface area (Å²) in [4.78, 5) is 12.9. The molecule has 1 N–H and O–H groups in total. The number of benzene rings is 3. The highest BCUT2D eigenvalue weighted by molar-refractivity contribution is 5.98. The first-order valence-electron chi connectivity index (χ1n) is 8.35. The normalized spacial score (nSPS) is 12.0. The van der Waals surface area contributed by atoms with E-state index >= 15 is 0 Å². The Kier molecular flexibility index (Phi) is 4.15. The number of para-hydroxylation sites is 1. The molecule has 3 aromatic carbocycles. The summed E-state index contributed by atoms with van der Waals surface area (Å²) in [5.41, 5.74) is 2.24. The zero-order valence-corrected chi connectivity index (χ0v) is 14.2. The Bertz CT molecular complexity index is 1050. The van der Waals surface area contributed by atoms with E-state index < -0.39 is 0 Å². The van der Waals surface area contributed by atoms with Crippen molar-refractivity contribution in [2.24, 2.45) is 0 Å². The van der Waals surface area contributed by atoms with Crippen LogP contribution in [0.5, 0.6) is 0 Å². The van der Waals surface area contributed by atoms with Gasteiger partial charge >= 0.3 is 0 Å². The van der Waals surface area contributed by atoms with Gasteiger partial charge in [0.1, 0.15) is 6.33 Å². The lowest BCUT2D eigenvalue weighted by Gasteiger charge is -2.17. The fourth-order valence-corrected chi connectivity index (χ4v) is 3.12. The number of rotatable bonds is 4. The highest BCUT2D eigenvalue weighted by Gasteiger charge is 2.17. The van der Waals surface area contributed by atoms with Gasteiger partial charge in [-0.25, -0.2) is 0 Å². The van der Waals surface area contributed by atoms with Crippen molar-refractivity contribution in [3.8, 4) is 5.69 Å². The Morgan fingerprint density at radius 3 is 2.62 bits per heavy atom. The fourth-order valence-electron chi connectivity index (χ4n) is 3.12. The highest BCUT2D eigenvalue weighted by atomic mass is 16.1. The molecule has 0 aliphatic heterocycles. The number of hydrogen-bond donors (Lipinski definition) is 1. The molecule has 4 rings (SSSR count). The Labute approximate surface area is 150 Å². The number of fused-ring (bicyclic) bond motifs is 1. The van der Waals surface area contributed by atoms with Crippen molar-refractivity contribution in [1.82, 2.24) is 25.5 Å². The van der Waals surface area contributed by atoms with Crippen molar-refractivity contribution >= 4 is 16.7 Å². The van der Waals surface area contributed by atoms with Gasteiger partial charge in [-0.3, -0.25) is 4.79 Å². The average Bonchev–Trinajstić information content (AvgIpc) is 3.22. The molecule has 4 aromatic rings. The number of hydrogen-bond acceptors (Lipinski definition) is 4. The van der Waals surface area contributed by atoms with Crippen molar-refractivity contribution in [2.75, 3.05) is 0 Å². The predicted octanol–water partition coefficient (Wildman–Crippen LogP) is 3.31. The second-order valence-corrected chi connectivity index (χ2v) is 6.04. The number of carbonyl (C=O) groups is 1. The summed E-state index contributed by atoms with van der Waals surface area (Å²) in [6.45, 7) is 1.99. The third kappa shape index (κ3) is 2.93. The number of carbonyl (C=O) groups excluding carboxylic acids is 1. The van der Waals surface area contributed by atoms with E-state index in [9.17, 15) is 4.79 Å². The molecule has 1 heterocycles. The van der Waals surface area contributed by atoms with Crippen molar-refractivity contribution in [1.29, 1.82) is 0 Å². The molecule has 1 atom stereocenters. The molecule has 6 heteroatoms. The SMILES string of the molecule is CC(NC(=O)c1ccccc1-n1cnnn1)c1cccc2ccccc12. The highest BCUT2D eigenvalue weighted by Crippen LogP contribution is 2.24. The first-order valence-corrected chi connectivity index (χ1v) is 8.35. The minimum absolute atomic E-state index is 0.143. The van der Waals surface area contributed by atoms with Gasteiger partial charge in [0.25, 0.3) is 5.91 Å². The molecule has 6 nitrogen and oxygen atoms in total. The van der Waals surface area contributed by atoms with Crippen LogP contribution in [0, 0.1) is 0 Å². The number of nitrogens with zero attached hydrogens (tertiary/aromatic N) is 4. The summed E-state index contributed by atoms with van der Waals surface area (Å²) in [6, 6.07) is 21.4. The van der Waals surface area contributed by atoms with Gasteiger partial charge < -0.3 is 5.32 Å². The molecule has 0 fully saturated rings. The first-order chi connectivity index (χ1) is 12.7. The fraction of sp³-hybridized carbons (Fsp3) is 0.100. The van der Waals surface area contributed by atoms with Crippen molar-refractivity contribution in [2.45, 2.75) is 13.0 Å². The van der Waals surface area contributed by atoms with E-state index in [1.807, 2.05) is 49.4 Å². The summed E-state index contributed by atoms with van der Waals surface area (Å²) in [7, 11) is 0. The Morgan fingerprint density at radius 2 is 1.77 bits per heavy atom. The largest absolute Gasteiger partial charge is 0.345 e. The molecule has 0 spiro atoms. The van der Waals surface area contributed by atoms with Crippen LogP contribution in [0.3, 0.4) is 0 Å². The predicted molar refractivity (Wildman–Crippen MR) is 99.0 cm³/mol. The molecule has 1 aromatic heterocycles. The van der Waals surface area contributed by atoms with E-state index in [2.05, 4.69) is 39.0 Å². The Hall–Kier alpha value is -3.54. The molecule has 1 amide bonds. The minimum Gasteiger partial charge on any atom is -0.345 e. The van der Waals surface area contributed by atoms with Gasteiger partial charge in [-0.1, -0.05) is 54.6 Å². The van der Waals surface area contributed by atoms with Crippen LogP contribution in [0.4, 0.5) is 0 Å². The van der Waals surface area contributed by atoms with Crippen LogP contribution in [0.2, 0.25) is 0 Å². The van der Waals surface area contributed by atoms with Crippen LogP contribution >= 0.6 is 0 Å². The monoisotopic (exact) mass is 343 g/mol. The maximum absolute atomic E-state index is 12.9. The second-order valence-electron chi connectivity index (χ2n) is 6.04. The van der Waals surface area contributed by atoms with Crippen LogP contribution in [0.15, 0.2) is 73.1 Å². The molecule has 0 radical (unpaired) electrons. The third-order valence-corrected chi connectivity index (χ3v) is 4.38. The van der Waals surface area contributed by atoms with Crippen molar-refractivity contribution < 1.29 is 4.79 Å². The molecule has 0 saturated heterocycles. The maximum Gasteiger partial charge on any atom is 0.253 e. The van der Waals surface area contributed by atoms with Crippen LogP contribution in [-0.4, -0.2) is 26.1 Å². The van der Waals surface area contributed by atoms with Gasteiger partial charge in [-0.05, 0) is 45.8 Å². The van der Waals surface area contributed by atoms with Gasteiger partial charge in [-0.2, -0.15) is 4.68 Å². The van der Waals surface area contributed by atoms with E-state index in [0.717, 1.165) is 16.3 Å². The Balaban J connectivity index is 1.65. The molecular formula is C20H17N5O. The zero-order valence-electron chi connectivity index (χ0n) is 14.2. The summed E-state index contributed by atoms with van der Waals surface area (Å²) >= 11 is 0. The number of tetrazole rings is 1. The van der Waals surface area contributed by atoms with Gasteiger partial charge in [0.05, 0.1) is 17.3 Å². The lowest BCUT2D eigenvalue weighted by molar-refractivity contribution is 0.0940. The smallest absolute Gasteiger partial charge is 0.253 e. The molecule has 0 aliphatic carbocycles. The Morgan fingerprint density at radius 1 is 1.00 bits per heavy atom. The molecule has 0 bridgehead atoms. The number of aromatic nitrogens is 4. The zero-order chi connectivity index (χ0) is 17.9. The lowest BCUT2D eigenvalue weighted by atomic mass is 9.99. The minimum atomic E-state index is -0.170. The number of amides is 1. The molecular weight excluding hydrogens is 326 g/mol. The summed E-state index contributed by atoms with van der Waals surface area (Å²) in [6.07, 6.45) is 1.47. The summed E-state index contributed by atoms with van der Waals surface area (Å²) in [5.74, 6) is -0.170. The van der Waals surface area contributed by atoms with E-state index in [1.54, 1.807) is 6.07 Å². The summed E-state index contributed by atoms with van der Waals surface area (Å²) < 4.78 is 1.48. The topological polar surface area (TPSA) is 72.7 Å². The van der Waals surface area contributed by atoms with Gasteiger partial charge in [0.15, 0.2) is 0 Å². The van der Waals surface area contributed by atoms with Crippen molar-refractivity contribution in [3.63, 3.8) is 0 Å². The van der Waals surface area contributed by atoms with Gasteiger partial charge in [0, 0.05) is 0 Å². The van der Waals surface area contributed by atoms with Crippen LogP contribution in [0.1, 0.15) is 28.9 Å². The van der Waals surface area contributed by atoms with E-state index in [0.29, 0.717) is 11.3 Å². The molecule has 128 valence electrons. The summed E-state index contributed by atoms with van der Waals surface area (Å²) in [5, 5.41) is 16.5. The van der Waals surface area contributed by atoms with Crippen molar-refractivity contribution in [3.05, 3.63) is 84.2 Å².